The lowest BCUT2D eigenvalue weighted by atomic mass is 9.80. The molecule has 0 bridgehead atoms. The summed E-state index contributed by atoms with van der Waals surface area (Å²) in [7, 11) is 0. The van der Waals surface area contributed by atoms with E-state index in [2.05, 4.69) is 188 Å². The maximum atomic E-state index is 3.94. The van der Waals surface area contributed by atoms with Crippen LogP contribution in [0, 0.1) is 5.92 Å². The molecule has 10 rings (SSSR count). The van der Waals surface area contributed by atoms with Gasteiger partial charge in [-0.3, -0.25) is 0 Å². The summed E-state index contributed by atoms with van der Waals surface area (Å²) in [6, 6.07) is 40.4. The van der Waals surface area contributed by atoms with Crippen LogP contribution in [0.5, 0.6) is 0 Å². The summed E-state index contributed by atoms with van der Waals surface area (Å²) in [6.45, 7) is 4.80. The molecule has 2 N–H and O–H groups in total. The second kappa shape index (κ2) is 11.6. The fraction of sp³-hybridized carbons (Fsp3) is 0.143. The minimum atomic E-state index is -0.111. The van der Waals surface area contributed by atoms with E-state index in [1.807, 2.05) is 0 Å². The molecule has 3 atom stereocenters. The minimum Gasteiger partial charge on any atom is -0.376 e. The Kier molecular flexibility index (Phi) is 6.83. The van der Waals surface area contributed by atoms with Gasteiger partial charge < -0.3 is 10.6 Å². The molecule has 2 heterocycles. The highest BCUT2D eigenvalue weighted by atomic mass is 15.0. The zero-order valence-electron chi connectivity index (χ0n) is 29.0. The molecular weight excluding hydrogens is 617 g/mol. The Morgan fingerprint density at radius 1 is 0.647 bits per heavy atom. The van der Waals surface area contributed by atoms with Gasteiger partial charge in [0, 0.05) is 22.7 Å². The molecular formula is C49H40N2. The monoisotopic (exact) mass is 656 g/mol. The van der Waals surface area contributed by atoms with Gasteiger partial charge in [-0.25, -0.2) is 0 Å². The molecule has 0 fully saturated rings. The summed E-state index contributed by atoms with van der Waals surface area (Å²) in [5.41, 5.74) is 17.0. The standard InChI is InChI=1S/C49H40N2/c1-49(2)41-29-37(23-26-40(41)46-42(49)30-38-15-9-10-16-39(38)45(46)34-13-7-4-8-14-34)31-17-19-33(20-18-31)44-28-25-36-22-21-35-24-27-43(32-11-5-3-6-12-32)50-47(35)48(36)51-44/h3-19,21-30,33,43,48,50-51H,20H2,1-2H3. The molecule has 2 heteroatoms. The van der Waals surface area contributed by atoms with Gasteiger partial charge in [0.05, 0.1) is 12.1 Å². The molecule has 0 radical (unpaired) electrons. The lowest BCUT2D eigenvalue weighted by molar-refractivity contribution is 0.561. The molecule has 51 heavy (non-hydrogen) atoms. The van der Waals surface area contributed by atoms with E-state index in [4.69, 9.17) is 0 Å². The highest BCUT2D eigenvalue weighted by Gasteiger charge is 2.38. The molecule has 5 aromatic carbocycles. The first-order valence-electron chi connectivity index (χ1n) is 18.3. The van der Waals surface area contributed by atoms with Crippen LogP contribution in [0.2, 0.25) is 0 Å². The molecule has 246 valence electrons. The van der Waals surface area contributed by atoms with Crippen LogP contribution < -0.4 is 10.6 Å². The highest BCUT2D eigenvalue weighted by Crippen LogP contribution is 2.55. The smallest absolute Gasteiger partial charge is 0.0918 e. The number of hydrogen-bond donors (Lipinski definition) is 2. The maximum absolute atomic E-state index is 3.94. The normalized spacial score (nSPS) is 22.2. The second-order valence-corrected chi connectivity index (χ2v) is 15.0. The molecule has 0 aromatic heterocycles. The molecule has 2 aliphatic heterocycles. The van der Waals surface area contributed by atoms with Gasteiger partial charge in [-0.1, -0.05) is 160 Å². The van der Waals surface area contributed by atoms with Crippen molar-refractivity contribution in [3.63, 3.8) is 0 Å². The maximum Gasteiger partial charge on any atom is 0.0918 e. The average molecular weight is 657 g/mol. The third kappa shape index (κ3) is 4.85. The molecule has 2 nitrogen and oxygen atoms in total. The SMILES string of the molecule is CC1(C)c2cc(C3=CCC(C4=CC=C5C=CC6=C(NC(c7ccccc7)C=C6)C5N4)C=C3)ccc2-c2c1cc1ccccc1c2-c1ccccc1. The number of dihydropyridines is 2. The van der Waals surface area contributed by atoms with Crippen LogP contribution in [0.4, 0.5) is 0 Å². The number of hydrogen-bond acceptors (Lipinski definition) is 2. The average Bonchev–Trinajstić information content (AvgIpc) is 3.42. The van der Waals surface area contributed by atoms with Crippen molar-refractivity contribution >= 4 is 16.3 Å². The van der Waals surface area contributed by atoms with E-state index in [0.717, 1.165) is 6.42 Å². The first-order chi connectivity index (χ1) is 25.0. The number of allylic oxidation sites excluding steroid dienone is 9. The van der Waals surface area contributed by atoms with Crippen LogP contribution in [0.1, 0.15) is 48.6 Å². The Balaban J connectivity index is 0.931. The minimum absolute atomic E-state index is 0.111. The van der Waals surface area contributed by atoms with Gasteiger partial charge in [-0.15, -0.1) is 0 Å². The van der Waals surface area contributed by atoms with Gasteiger partial charge >= 0.3 is 0 Å². The Morgan fingerprint density at radius 2 is 1.45 bits per heavy atom. The first-order valence-corrected chi connectivity index (χ1v) is 18.3. The fourth-order valence-corrected chi connectivity index (χ4v) is 8.92. The van der Waals surface area contributed by atoms with Crippen molar-refractivity contribution in [3.8, 4) is 22.3 Å². The van der Waals surface area contributed by atoms with Crippen molar-refractivity contribution in [2.75, 3.05) is 0 Å². The van der Waals surface area contributed by atoms with Crippen molar-refractivity contribution in [1.29, 1.82) is 0 Å². The van der Waals surface area contributed by atoms with Crippen LogP contribution >= 0.6 is 0 Å². The van der Waals surface area contributed by atoms with Crippen LogP contribution in [0.25, 0.3) is 38.6 Å². The third-order valence-electron chi connectivity index (χ3n) is 11.7. The lowest BCUT2D eigenvalue weighted by Crippen LogP contribution is -2.43. The number of nitrogens with one attached hydrogen (secondary N) is 2. The summed E-state index contributed by atoms with van der Waals surface area (Å²) in [5, 5.41) is 10.4. The van der Waals surface area contributed by atoms with Crippen molar-refractivity contribution in [2.24, 2.45) is 5.92 Å². The zero-order chi connectivity index (χ0) is 34.1. The molecule has 3 unspecified atom stereocenters. The van der Waals surface area contributed by atoms with Crippen molar-refractivity contribution in [1.82, 2.24) is 10.6 Å². The predicted molar refractivity (Wildman–Crippen MR) is 213 cm³/mol. The van der Waals surface area contributed by atoms with Crippen LogP contribution in [-0.2, 0) is 5.41 Å². The van der Waals surface area contributed by atoms with Gasteiger partial charge in [0.15, 0.2) is 0 Å². The Bertz CT molecular complexity index is 2460. The van der Waals surface area contributed by atoms with Gasteiger partial charge in [0.1, 0.15) is 0 Å². The molecule has 0 spiro atoms. The number of rotatable bonds is 4. The van der Waals surface area contributed by atoms with Crippen molar-refractivity contribution in [2.45, 2.75) is 37.8 Å². The molecule has 0 saturated heterocycles. The Labute approximate surface area is 300 Å². The number of fused-ring (bicyclic) bond motifs is 6. The number of benzene rings is 5. The van der Waals surface area contributed by atoms with Crippen LogP contribution in [0.15, 0.2) is 186 Å². The van der Waals surface area contributed by atoms with E-state index in [1.54, 1.807) is 0 Å². The van der Waals surface area contributed by atoms with Crippen molar-refractivity contribution < 1.29 is 0 Å². The molecule has 5 aromatic rings. The summed E-state index contributed by atoms with van der Waals surface area (Å²) in [5.74, 6) is 0.307. The molecule has 0 amide bonds. The fourth-order valence-electron chi connectivity index (χ4n) is 8.92. The Hall–Kier alpha value is -5.86. The van der Waals surface area contributed by atoms with Crippen LogP contribution in [0.3, 0.4) is 0 Å². The van der Waals surface area contributed by atoms with Gasteiger partial charge in [-0.2, -0.15) is 0 Å². The Morgan fingerprint density at radius 3 is 2.27 bits per heavy atom. The molecule has 3 aliphatic carbocycles. The summed E-state index contributed by atoms with van der Waals surface area (Å²) < 4.78 is 0. The quantitative estimate of drug-likeness (QED) is 0.201. The predicted octanol–water partition coefficient (Wildman–Crippen LogP) is 11.3. The van der Waals surface area contributed by atoms with Gasteiger partial charge in [0.2, 0.25) is 0 Å². The lowest BCUT2D eigenvalue weighted by Gasteiger charge is -2.37. The van der Waals surface area contributed by atoms with E-state index in [0.29, 0.717) is 5.92 Å². The largest absolute Gasteiger partial charge is 0.376 e. The van der Waals surface area contributed by atoms with E-state index < -0.39 is 0 Å². The molecule has 5 aliphatic rings. The van der Waals surface area contributed by atoms with E-state index in [1.165, 1.54) is 83.4 Å². The van der Waals surface area contributed by atoms with E-state index in [9.17, 15) is 0 Å². The van der Waals surface area contributed by atoms with Crippen molar-refractivity contribution in [3.05, 3.63) is 209 Å². The third-order valence-corrected chi connectivity index (χ3v) is 11.7. The summed E-state index contributed by atoms with van der Waals surface area (Å²) >= 11 is 0. The van der Waals surface area contributed by atoms with E-state index in [-0.39, 0.29) is 17.5 Å². The first kappa shape index (κ1) is 30.0. The summed E-state index contributed by atoms with van der Waals surface area (Å²) in [6.07, 6.45) is 21.8. The topological polar surface area (TPSA) is 24.1 Å². The van der Waals surface area contributed by atoms with Gasteiger partial charge in [-0.05, 0) is 96.6 Å². The van der Waals surface area contributed by atoms with Crippen LogP contribution in [-0.4, -0.2) is 6.04 Å². The highest BCUT2D eigenvalue weighted by molar-refractivity contribution is 6.08. The van der Waals surface area contributed by atoms with E-state index >= 15 is 0 Å². The zero-order valence-corrected chi connectivity index (χ0v) is 29.0. The second-order valence-electron chi connectivity index (χ2n) is 15.0. The summed E-state index contributed by atoms with van der Waals surface area (Å²) in [4.78, 5) is 0. The molecule has 0 saturated carbocycles. The van der Waals surface area contributed by atoms with Gasteiger partial charge in [0.25, 0.3) is 0 Å².